The highest BCUT2D eigenvalue weighted by Crippen LogP contribution is 2.31. The summed E-state index contributed by atoms with van der Waals surface area (Å²) < 4.78 is 0.505. The molecular formula is C9H19N2O2+. The summed E-state index contributed by atoms with van der Waals surface area (Å²) >= 11 is 0. The van der Waals surface area contributed by atoms with Crippen LogP contribution in [0.4, 0.5) is 0 Å². The third-order valence-corrected chi connectivity index (χ3v) is 3.40. The van der Waals surface area contributed by atoms with Crippen LogP contribution in [0.3, 0.4) is 0 Å². The summed E-state index contributed by atoms with van der Waals surface area (Å²) in [5, 5.41) is 11.1. The van der Waals surface area contributed by atoms with Gasteiger partial charge in [0.05, 0.1) is 13.5 Å². The molecule has 76 valence electrons. The van der Waals surface area contributed by atoms with Crippen molar-refractivity contribution in [1.82, 2.24) is 5.01 Å². The van der Waals surface area contributed by atoms with E-state index < -0.39 is 6.23 Å². The number of nitrogens with zero attached hydrogens (tertiary/aromatic N) is 2. The first-order chi connectivity index (χ1) is 5.94. The molecule has 1 N–H and O–H groups in total. The zero-order valence-electron chi connectivity index (χ0n) is 8.77. The number of aliphatic hydroxyl groups is 1. The molecule has 0 aromatic heterocycles. The first kappa shape index (κ1) is 10.5. The van der Waals surface area contributed by atoms with Gasteiger partial charge in [0.1, 0.15) is 12.1 Å². The van der Waals surface area contributed by atoms with Crippen molar-refractivity contribution < 1.29 is 14.5 Å². The van der Waals surface area contributed by atoms with Crippen LogP contribution in [0, 0.1) is 0 Å². The lowest BCUT2D eigenvalue weighted by Crippen LogP contribution is -2.61. The van der Waals surface area contributed by atoms with Gasteiger partial charge < -0.3 is 5.11 Å². The standard InChI is InChI=1S/C9H19N2O2/c1-7(2)11(4)8(3)5-9(13)10(11)6-12/h6-9,13H,5H2,1-4H3/q+1/t8-,9-,11?/m0/s1. The molecule has 4 heteroatoms. The summed E-state index contributed by atoms with van der Waals surface area (Å²) in [6.07, 6.45) is 0.779. The Kier molecular flexibility index (Phi) is 2.63. The van der Waals surface area contributed by atoms with E-state index in [1.807, 2.05) is 7.05 Å². The Balaban J connectivity index is 2.98. The predicted octanol–water partition coefficient (Wildman–Crippen LogP) is 0.325. The van der Waals surface area contributed by atoms with Crippen molar-refractivity contribution in [2.75, 3.05) is 7.05 Å². The van der Waals surface area contributed by atoms with Crippen molar-refractivity contribution in [2.24, 2.45) is 0 Å². The lowest BCUT2D eigenvalue weighted by Gasteiger charge is -2.42. The Morgan fingerprint density at radius 2 is 2.15 bits per heavy atom. The summed E-state index contributed by atoms with van der Waals surface area (Å²) in [4.78, 5) is 10.8. The second-order valence-electron chi connectivity index (χ2n) is 4.24. The summed E-state index contributed by atoms with van der Waals surface area (Å²) in [7, 11) is 1.99. The molecule has 1 aliphatic rings. The van der Waals surface area contributed by atoms with E-state index in [2.05, 4.69) is 20.8 Å². The monoisotopic (exact) mass is 187 g/mol. The van der Waals surface area contributed by atoms with Gasteiger partial charge in [0.25, 0.3) is 6.41 Å². The van der Waals surface area contributed by atoms with Gasteiger partial charge >= 0.3 is 0 Å². The normalized spacial score (nSPS) is 40.0. The number of rotatable bonds is 2. The molecule has 0 bridgehead atoms. The van der Waals surface area contributed by atoms with Crippen LogP contribution >= 0.6 is 0 Å². The van der Waals surface area contributed by atoms with Gasteiger partial charge in [-0.05, 0) is 20.8 Å². The van der Waals surface area contributed by atoms with E-state index in [-0.39, 0.29) is 0 Å². The molecule has 1 amide bonds. The molecule has 1 rings (SSSR count). The van der Waals surface area contributed by atoms with Crippen molar-refractivity contribution in [1.29, 1.82) is 0 Å². The minimum Gasteiger partial charge on any atom is -0.369 e. The van der Waals surface area contributed by atoms with Gasteiger partial charge in [-0.3, -0.25) is 4.79 Å². The number of amides is 1. The molecule has 0 aliphatic carbocycles. The maximum atomic E-state index is 10.8. The van der Waals surface area contributed by atoms with Crippen molar-refractivity contribution in [3.8, 4) is 0 Å². The van der Waals surface area contributed by atoms with Gasteiger partial charge in [-0.15, -0.1) is 0 Å². The average Bonchev–Trinajstić information content (AvgIpc) is 2.24. The molecule has 0 aromatic carbocycles. The summed E-state index contributed by atoms with van der Waals surface area (Å²) in [5.74, 6) is 0. The number of hydrogen-bond acceptors (Lipinski definition) is 2. The molecule has 0 spiro atoms. The van der Waals surface area contributed by atoms with Crippen LogP contribution in [0.15, 0.2) is 0 Å². The summed E-state index contributed by atoms with van der Waals surface area (Å²) in [6.45, 7) is 6.18. The van der Waals surface area contributed by atoms with Crippen LogP contribution in [0.25, 0.3) is 0 Å². The molecule has 1 saturated heterocycles. The fourth-order valence-electron chi connectivity index (χ4n) is 2.09. The smallest absolute Gasteiger partial charge is 0.258 e. The van der Waals surface area contributed by atoms with Crippen LogP contribution in [0.2, 0.25) is 0 Å². The van der Waals surface area contributed by atoms with E-state index >= 15 is 0 Å². The van der Waals surface area contributed by atoms with Gasteiger partial charge in [0.15, 0.2) is 6.23 Å². The molecule has 3 atom stereocenters. The van der Waals surface area contributed by atoms with E-state index in [9.17, 15) is 9.90 Å². The Labute approximate surface area is 79.3 Å². The molecule has 1 fully saturated rings. The summed E-state index contributed by atoms with van der Waals surface area (Å²) in [6, 6.07) is 0.595. The van der Waals surface area contributed by atoms with Crippen molar-refractivity contribution in [3.63, 3.8) is 0 Å². The number of carbonyl (C=O) groups excluding carboxylic acids is 1. The highest BCUT2D eigenvalue weighted by Gasteiger charge is 2.49. The number of carbonyl (C=O) groups is 1. The fourth-order valence-corrected chi connectivity index (χ4v) is 2.09. The molecule has 1 aliphatic heterocycles. The number of aliphatic hydroxyl groups excluding tert-OH is 1. The maximum absolute atomic E-state index is 10.8. The average molecular weight is 187 g/mol. The minimum atomic E-state index is -0.625. The number of quaternary nitrogens is 1. The minimum absolute atomic E-state index is 0.292. The molecule has 1 unspecified atom stereocenters. The highest BCUT2D eigenvalue weighted by molar-refractivity contribution is 5.45. The summed E-state index contributed by atoms with van der Waals surface area (Å²) in [5.41, 5.74) is 0. The van der Waals surface area contributed by atoms with Crippen LogP contribution in [-0.2, 0) is 4.79 Å². The fraction of sp³-hybridized carbons (Fsp3) is 0.889. The molecule has 13 heavy (non-hydrogen) atoms. The molecule has 1 heterocycles. The molecule has 4 nitrogen and oxygen atoms in total. The van der Waals surface area contributed by atoms with Crippen LogP contribution in [0.5, 0.6) is 0 Å². The molecular weight excluding hydrogens is 168 g/mol. The largest absolute Gasteiger partial charge is 0.369 e. The lowest BCUT2D eigenvalue weighted by molar-refractivity contribution is -1.03. The van der Waals surface area contributed by atoms with Crippen LogP contribution in [-0.4, -0.2) is 46.5 Å². The van der Waals surface area contributed by atoms with Crippen LogP contribution in [0.1, 0.15) is 27.2 Å². The van der Waals surface area contributed by atoms with Gasteiger partial charge in [0, 0.05) is 0 Å². The Bertz CT molecular complexity index is 208. The SMILES string of the molecule is CC(C)[N+]1(C)[C@@H](C)C[C@H](O)N1C=O. The Hall–Kier alpha value is -0.610. The zero-order chi connectivity index (χ0) is 10.2. The first-order valence-corrected chi connectivity index (χ1v) is 4.72. The second-order valence-corrected chi connectivity index (χ2v) is 4.24. The number of hydrogen-bond donors (Lipinski definition) is 1. The topological polar surface area (TPSA) is 40.5 Å². The van der Waals surface area contributed by atoms with E-state index in [0.29, 0.717) is 23.1 Å². The maximum Gasteiger partial charge on any atom is 0.258 e. The van der Waals surface area contributed by atoms with E-state index in [1.54, 1.807) is 0 Å². The van der Waals surface area contributed by atoms with E-state index in [1.165, 1.54) is 5.01 Å². The van der Waals surface area contributed by atoms with Crippen molar-refractivity contribution in [3.05, 3.63) is 0 Å². The molecule has 0 saturated carbocycles. The first-order valence-electron chi connectivity index (χ1n) is 4.72. The quantitative estimate of drug-likeness (QED) is 0.500. The van der Waals surface area contributed by atoms with Crippen molar-refractivity contribution >= 4 is 6.41 Å². The Morgan fingerprint density at radius 1 is 1.62 bits per heavy atom. The zero-order valence-corrected chi connectivity index (χ0v) is 8.77. The van der Waals surface area contributed by atoms with Crippen molar-refractivity contribution in [2.45, 2.75) is 45.5 Å². The Morgan fingerprint density at radius 3 is 2.46 bits per heavy atom. The second kappa shape index (κ2) is 3.27. The predicted molar refractivity (Wildman–Crippen MR) is 49.3 cm³/mol. The van der Waals surface area contributed by atoms with Crippen LogP contribution < -0.4 is 0 Å². The van der Waals surface area contributed by atoms with Gasteiger partial charge in [0.2, 0.25) is 0 Å². The van der Waals surface area contributed by atoms with Gasteiger partial charge in [-0.25, -0.2) is 4.59 Å². The third kappa shape index (κ3) is 1.34. The van der Waals surface area contributed by atoms with E-state index in [4.69, 9.17) is 0 Å². The molecule has 0 aromatic rings. The third-order valence-electron chi connectivity index (χ3n) is 3.40. The molecule has 0 radical (unpaired) electrons. The lowest BCUT2D eigenvalue weighted by atomic mass is 10.2. The van der Waals surface area contributed by atoms with Gasteiger partial charge in [-0.1, -0.05) is 0 Å². The highest BCUT2D eigenvalue weighted by atomic mass is 16.3. The van der Waals surface area contributed by atoms with E-state index in [0.717, 1.165) is 6.41 Å². The van der Waals surface area contributed by atoms with Gasteiger partial charge in [-0.2, -0.15) is 5.01 Å².